The summed E-state index contributed by atoms with van der Waals surface area (Å²) >= 11 is 1.24. The highest BCUT2D eigenvalue weighted by molar-refractivity contribution is 7.19. The number of aromatic carboxylic acids is 1. The van der Waals surface area contributed by atoms with Crippen LogP contribution in [0.25, 0.3) is 16.2 Å². The van der Waals surface area contributed by atoms with Gasteiger partial charge >= 0.3 is 5.97 Å². The summed E-state index contributed by atoms with van der Waals surface area (Å²) < 4.78 is 7.34. The number of methoxy groups -OCH3 is 1. The van der Waals surface area contributed by atoms with E-state index in [4.69, 9.17) is 9.72 Å². The number of benzene rings is 1. The summed E-state index contributed by atoms with van der Waals surface area (Å²) in [4.78, 5) is 17.3. The van der Waals surface area contributed by atoms with Crippen LogP contribution in [0.3, 0.4) is 0 Å². The van der Waals surface area contributed by atoms with Gasteiger partial charge in [-0.1, -0.05) is 25.2 Å². The summed E-state index contributed by atoms with van der Waals surface area (Å²) in [5, 5.41) is 9.42. The van der Waals surface area contributed by atoms with Crippen molar-refractivity contribution >= 4 is 22.3 Å². The van der Waals surface area contributed by atoms with Gasteiger partial charge in [0.05, 0.1) is 18.5 Å². The Balaban J connectivity index is 2.24. The number of carboxylic acid groups (broad SMARTS) is 1. The number of carbonyl (C=O) groups is 1. The van der Waals surface area contributed by atoms with E-state index in [-0.39, 0.29) is 0 Å². The molecule has 1 aromatic carbocycles. The zero-order chi connectivity index (χ0) is 17.4. The van der Waals surface area contributed by atoms with Crippen molar-refractivity contribution < 1.29 is 14.6 Å². The molecular weight excluding hydrogens is 324 g/mol. The molecule has 0 radical (unpaired) electrons. The predicted octanol–water partition coefficient (Wildman–Crippen LogP) is 4.20. The van der Waals surface area contributed by atoms with Crippen molar-refractivity contribution in [2.45, 2.75) is 33.6 Å². The van der Waals surface area contributed by atoms with Crippen LogP contribution in [0, 0.1) is 6.92 Å². The van der Waals surface area contributed by atoms with Gasteiger partial charge in [-0.25, -0.2) is 9.78 Å². The molecular formula is C18H20N2O3S. The SMILES string of the molecule is CCc1c(-c2ccc(OC)c(C)c2)nc2sc(C(=O)O)c(CC)n12. The summed E-state index contributed by atoms with van der Waals surface area (Å²) in [7, 11) is 1.66. The number of nitrogens with zero attached hydrogens (tertiary/aromatic N) is 2. The van der Waals surface area contributed by atoms with E-state index in [0.29, 0.717) is 11.3 Å². The van der Waals surface area contributed by atoms with Gasteiger partial charge in [0.25, 0.3) is 0 Å². The molecule has 2 aromatic heterocycles. The third-order valence-corrected chi connectivity index (χ3v) is 5.27. The van der Waals surface area contributed by atoms with E-state index in [0.717, 1.165) is 45.3 Å². The van der Waals surface area contributed by atoms with Gasteiger partial charge in [0.2, 0.25) is 0 Å². The molecule has 0 aliphatic carbocycles. The smallest absolute Gasteiger partial charge is 0.347 e. The average Bonchev–Trinajstić information content (AvgIpc) is 3.09. The quantitative estimate of drug-likeness (QED) is 0.753. The molecule has 0 bridgehead atoms. The third kappa shape index (κ3) is 2.47. The molecule has 1 N–H and O–H groups in total. The maximum absolute atomic E-state index is 11.5. The molecule has 0 saturated carbocycles. The lowest BCUT2D eigenvalue weighted by Gasteiger charge is -2.08. The van der Waals surface area contributed by atoms with Crippen LogP contribution < -0.4 is 4.74 Å². The first kappa shape index (κ1) is 16.5. The van der Waals surface area contributed by atoms with Gasteiger partial charge in [-0.2, -0.15) is 0 Å². The Kier molecular flexibility index (Phi) is 4.32. The van der Waals surface area contributed by atoms with Crippen molar-refractivity contribution in [2.75, 3.05) is 7.11 Å². The number of carboxylic acids is 1. The minimum Gasteiger partial charge on any atom is -0.496 e. The largest absolute Gasteiger partial charge is 0.496 e. The van der Waals surface area contributed by atoms with Gasteiger partial charge < -0.3 is 9.84 Å². The Morgan fingerprint density at radius 2 is 2.00 bits per heavy atom. The standard InChI is InChI=1S/C18H20N2O3S/c1-5-12-15(11-7-8-14(23-4)10(3)9-11)19-18-20(12)13(6-2)16(24-18)17(21)22/h7-9H,5-6H2,1-4H3,(H,21,22). The minimum atomic E-state index is -0.883. The fourth-order valence-corrected chi connectivity index (χ4v) is 4.17. The second kappa shape index (κ2) is 6.28. The Bertz CT molecular complexity index is 924. The fourth-order valence-electron chi connectivity index (χ4n) is 3.10. The Hall–Kier alpha value is -2.34. The lowest BCUT2D eigenvalue weighted by atomic mass is 10.1. The van der Waals surface area contributed by atoms with Crippen LogP contribution in [-0.4, -0.2) is 27.6 Å². The summed E-state index contributed by atoms with van der Waals surface area (Å²) in [5.74, 6) is -0.0357. The molecule has 0 spiro atoms. The van der Waals surface area contributed by atoms with Crippen LogP contribution in [0.2, 0.25) is 0 Å². The highest BCUT2D eigenvalue weighted by Gasteiger charge is 2.23. The van der Waals surface area contributed by atoms with Gasteiger partial charge in [0.1, 0.15) is 10.6 Å². The van der Waals surface area contributed by atoms with Gasteiger partial charge in [-0.3, -0.25) is 4.40 Å². The lowest BCUT2D eigenvalue weighted by molar-refractivity contribution is 0.0700. The molecule has 0 saturated heterocycles. The van der Waals surface area contributed by atoms with E-state index in [1.165, 1.54) is 11.3 Å². The number of imidazole rings is 1. The second-order valence-corrected chi connectivity index (χ2v) is 6.58. The van der Waals surface area contributed by atoms with Crippen LogP contribution in [0.4, 0.5) is 0 Å². The number of ether oxygens (including phenoxy) is 1. The highest BCUT2D eigenvalue weighted by atomic mass is 32.1. The number of thiazole rings is 1. The fraction of sp³-hybridized carbons (Fsp3) is 0.333. The van der Waals surface area contributed by atoms with Gasteiger partial charge in [0.15, 0.2) is 4.96 Å². The number of fused-ring (bicyclic) bond motifs is 1. The van der Waals surface area contributed by atoms with Crippen LogP contribution in [0.5, 0.6) is 5.75 Å². The molecule has 0 aliphatic rings. The Morgan fingerprint density at radius 1 is 1.29 bits per heavy atom. The molecule has 0 unspecified atom stereocenters. The number of hydrogen-bond acceptors (Lipinski definition) is 4. The number of hydrogen-bond donors (Lipinski definition) is 1. The molecule has 0 fully saturated rings. The molecule has 0 aliphatic heterocycles. The summed E-state index contributed by atoms with van der Waals surface area (Å²) in [6.07, 6.45) is 1.44. The Labute approximate surface area is 144 Å². The number of aromatic nitrogens is 2. The highest BCUT2D eigenvalue weighted by Crippen LogP contribution is 2.33. The molecule has 3 aromatic rings. The van der Waals surface area contributed by atoms with Gasteiger partial charge in [-0.15, -0.1) is 0 Å². The first-order valence-electron chi connectivity index (χ1n) is 7.93. The van der Waals surface area contributed by atoms with E-state index >= 15 is 0 Å². The first-order chi connectivity index (χ1) is 11.5. The van der Waals surface area contributed by atoms with Crippen molar-refractivity contribution in [3.63, 3.8) is 0 Å². The second-order valence-electron chi connectivity index (χ2n) is 5.60. The van der Waals surface area contributed by atoms with E-state index in [1.54, 1.807) is 7.11 Å². The molecule has 5 nitrogen and oxygen atoms in total. The van der Waals surface area contributed by atoms with Crippen LogP contribution in [0.15, 0.2) is 18.2 Å². The molecule has 0 atom stereocenters. The normalized spacial score (nSPS) is 11.2. The van der Waals surface area contributed by atoms with Crippen LogP contribution in [0.1, 0.15) is 40.5 Å². The van der Waals surface area contributed by atoms with Crippen molar-refractivity contribution in [3.8, 4) is 17.0 Å². The first-order valence-corrected chi connectivity index (χ1v) is 8.74. The van der Waals surface area contributed by atoms with Crippen LogP contribution in [-0.2, 0) is 12.8 Å². The van der Waals surface area contributed by atoms with E-state index in [9.17, 15) is 9.90 Å². The number of aryl methyl sites for hydroxylation is 3. The van der Waals surface area contributed by atoms with Crippen molar-refractivity contribution in [3.05, 3.63) is 40.0 Å². The summed E-state index contributed by atoms with van der Waals surface area (Å²) in [6, 6.07) is 6.01. The monoisotopic (exact) mass is 344 g/mol. The predicted molar refractivity (Wildman–Crippen MR) is 95.5 cm³/mol. The van der Waals surface area contributed by atoms with Crippen molar-refractivity contribution in [1.29, 1.82) is 0 Å². The molecule has 6 heteroatoms. The van der Waals surface area contributed by atoms with E-state index in [2.05, 4.69) is 13.0 Å². The van der Waals surface area contributed by atoms with Crippen LogP contribution >= 0.6 is 11.3 Å². The molecule has 24 heavy (non-hydrogen) atoms. The zero-order valence-corrected chi connectivity index (χ0v) is 15.0. The molecule has 3 rings (SSSR count). The Morgan fingerprint density at radius 3 is 2.54 bits per heavy atom. The maximum atomic E-state index is 11.5. The molecule has 0 amide bonds. The van der Waals surface area contributed by atoms with E-state index < -0.39 is 5.97 Å². The lowest BCUT2D eigenvalue weighted by Crippen LogP contribution is -2.03. The molecule has 2 heterocycles. The van der Waals surface area contributed by atoms with Crippen molar-refractivity contribution in [1.82, 2.24) is 9.38 Å². The summed E-state index contributed by atoms with van der Waals surface area (Å²) in [5.41, 5.74) is 4.87. The van der Waals surface area contributed by atoms with Crippen molar-refractivity contribution in [2.24, 2.45) is 0 Å². The minimum absolute atomic E-state index is 0.382. The average molecular weight is 344 g/mol. The molecule has 126 valence electrons. The number of rotatable bonds is 5. The maximum Gasteiger partial charge on any atom is 0.347 e. The van der Waals surface area contributed by atoms with Gasteiger partial charge in [0, 0.05) is 11.3 Å². The third-order valence-electron chi connectivity index (χ3n) is 4.20. The van der Waals surface area contributed by atoms with Gasteiger partial charge in [-0.05, 0) is 43.5 Å². The van der Waals surface area contributed by atoms with E-state index in [1.807, 2.05) is 30.4 Å². The topological polar surface area (TPSA) is 63.8 Å². The zero-order valence-electron chi connectivity index (χ0n) is 14.2. The summed E-state index contributed by atoms with van der Waals surface area (Å²) in [6.45, 7) is 6.05.